The number of hydrogen-bond donors (Lipinski definition) is 0. The van der Waals surface area contributed by atoms with Crippen molar-refractivity contribution in [1.82, 2.24) is 19.9 Å². The summed E-state index contributed by atoms with van der Waals surface area (Å²) in [5, 5.41) is 1.58. The lowest BCUT2D eigenvalue weighted by molar-refractivity contribution is -0.198. The first-order valence-corrected chi connectivity index (χ1v) is 19.7. The molecule has 0 N–H and O–H groups in total. The molecule has 2 fully saturated rings. The Balaban J connectivity index is 1.14. The van der Waals surface area contributed by atoms with Gasteiger partial charge in [-0.25, -0.2) is 9.59 Å². The maximum absolute atomic E-state index is 13.0. The highest BCUT2D eigenvalue weighted by Crippen LogP contribution is 2.13. The lowest BCUT2D eigenvalue weighted by Crippen LogP contribution is -2.40. The third-order valence-electron chi connectivity index (χ3n) is 8.39. The molecule has 3 aliphatic rings. The van der Waals surface area contributed by atoms with Gasteiger partial charge in [0, 0.05) is 57.5 Å². The lowest BCUT2D eigenvalue weighted by Gasteiger charge is -2.24. The third-order valence-corrected chi connectivity index (χ3v) is 8.39. The van der Waals surface area contributed by atoms with Gasteiger partial charge in [0.1, 0.15) is 0 Å². The van der Waals surface area contributed by atoms with Crippen LogP contribution in [0.5, 0.6) is 0 Å². The molecule has 0 saturated carbocycles. The largest absolute Gasteiger partial charge is 0.378 e. The van der Waals surface area contributed by atoms with E-state index in [9.17, 15) is 38.4 Å². The molecule has 0 aromatic rings. The summed E-state index contributed by atoms with van der Waals surface area (Å²) < 4.78 is 43.7. The zero-order chi connectivity index (χ0) is 42.5. The van der Waals surface area contributed by atoms with Crippen molar-refractivity contribution in [2.24, 2.45) is 0 Å². The van der Waals surface area contributed by atoms with Gasteiger partial charge in [0.2, 0.25) is 5.91 Å². The Morgan fingerprint density at radius 2 is 0.898 bits per heavy atom. The van der Waals surface area contributed by atoms with Crippen LogP contribution in [0.1, 0.15) is 44.9 Å². The molecule has 6 amide bonds. The Morgan fingerprint density at radius 1 is 0.492 bits per heavy atom. The molecule has 59 heavy (non-hydrogen) atoms. The summed E-state index contributed by atoms with van der Waals surface area (Å²) >= 11 is 0. The summed E-state index contributed by atoms with van der Waals surface area (Å²) in [5.74, 6) is -3.73. The van der Waals surface area contributed by atoms with Crippen molar-refractivity contribution in [3.8, 4) is 0 Å². The van der Waals surface area contributed by atoms with E-state index in [1.807, 2.05) is 0 Å². The molecular formula is C37H56N4O18. The van der Waals surface area contributed by atoms with Crippen LogP contribution in [0.4, 0.5) is 0 Å². The summed E-state index contributed by atoms with van der Waals surface area (Å²) in [6.45, 7) is 4.97. The molecule has 22 heteroatoms. The number of imide groups is 2. The van der Waals surface area contributed by atoms with Gasteiger partial charge < -0.3 is 52.5 Å². The first-order valence-electron chi connectivity index (χ1n) is 19.7. The standard InChI is InChI=1S/C37H56N4O18/c42-30(7-11-39-31(43)3-4-32(39)44)38(12-16-52-20-24-56-28-26-54-22-18-50-14-8-36(48)58-40-10-1-2-33(40)45)13-17-53-21-25-57-29-27-55-23-19-51-15-9-37(49)59-41-34(46)5-6-35(41)47/h3-4H,1-2,5-29H2. The minimum absolute atomic E-state index is 0.0268. The summed E-state index contributed by atoms with van der Waals surface area (Å²) in [4.78, 5) is 107. The summed E-state index contributed by atoms with van der Waals surface area (Å²) in [6, 6.07) is 0. The molecule has 3 heterocycles. The van der Waals surface area contributed by atoms with Crippen molar-refractivity contribution >= 4 is 47.4 Å². The molecule has 0 atom stereocenters. The molecule has 0 aliphatic carbocycles. The Labute approximate surface area is 342 Å². The van der Waals surface area contributed by atoms with E-state index in [1.54, 1.807) is 4.90 Å². The molecular weight excluding hydrogens is 788 g/mol. The highest BCUT2D eigenvalue weighted by Gasteiger charge is 2.32. The molecule has 0 radical (unpaired) electrons. The number of hydrogen-bond acceptors (Lipinski definition) is 18. The SMILES string of the molecule is O=C(CCOCCOCCOCCOCCN(CCOCCOCCOCCOCCC(=O)ON1C(=O)CCC1=O)C(=O)CCN1C(=O)C=CC1=O)ON1CCCC1=O. The van der Waals surface area contributed by atoms with E-state index < -0.39 is 35.6 Å². The zero-order valence-electron chi connectivity index (χ0n) is 33.4. The van der Waals surface area contributed by atoms with Crippen LogP contribution < -0.4 is 0 Å². The van der Waals surface area contributed by atoms with Gasteiger partial charge >= 0.3 is 11.9 Å². The number of carbonyl (C=O) groups is 8. The second kappa shape index (κ2) is 29.7. The van der Waals surface area contributed by atoms with E-state index >= 15 is 0 Å². The highest BCUT2D eigenvalue weighted by atomic mass is 16.7. The fourth-order valence-corrected chi connectivity index (χ4v) is 5.26. The number of amides is 6. The zero-order valence-corrected chi connectivity index (χ0v) is 33.4. The van der Waals surface area contributed by atoms with Gasteiger partial charge in [-0.05, 0) is 6.42 Å². The van der Waals surface area contributed by atoms with Crippen LogP contribution in [0.2, 0.25) is 0 Å². The number of nitrogens with zero attached hydrogens (tertiary/aromatic N) is 4. The average Bonchev–Trinajstić information content (AvgIpc) is 3.88. The molecule has 22 nitrogen and oxygen atoms in total. The minimum Gasteiger partial charge on any atom is -0.378 e. The van der Waals surface area contributed by atoms with Gasteiger partial charge in [-0.2, -0.15) is 5.06 Å². The molecule has 0 unspecified atom stereocenters. The van der Waals surface area contributed by atoms with Crippen LogP contribution in [0.3, 0.4) is 0 Å². The fourth-order valence-electron chi connectivity index (χ4n) is 5.26. The number of rotatable bonds is 35. The van der Waals surface area contributed by atoms with E-state index in [4.69, 9.17) is 47.6 Å². The third kappa shape index (κ3) is 20.9. The first kappa shape index (κ1) is 48.9. The molecule has 0 aromatic heterocycles. The van der Waals surface area contributed by atoms with Gasteiger partial charge in [-0.1, -0.05) is 0 Å². The lowest BCUT2D eigenvalue weighted by atomic mass is 10.3. The van der Waals surface area contributed by atoms with Crippen LogP contribution in [0.15, 0.2) is 12.2 Å². The van der Waals surface area contributed by atoms with Gasteiger partial charge in [0.25, 0.3) is 29.5 Å². The minimum atomic E-state index is -0.739. The second-order valence-corrected chi connectivity index (χ2v) is 12.8. The Morgan fingerprint density at radius 3 is 1.32 bits per heavy atom. The van der Waals surface area contributed by atoms with E-state index in [0.29, 0.717) is 64.1 Å². The normalized spacial score (nSPS) is 15.3. The Bertz CT molecular complexity index is 1360. The molecule has 0 bridgehead atoms. The predicted octanol–water partition coefficient (Wildman–Crippen LogP) is -1.27. The van der Waals surface area contributed by atoms with Crippen molar-refractivity contribution in [3.63, 3.8) is 0 Å². The topological polar surface area (TPSA) is 242 Å². The predicted molar refractivity (Wildman–Crippen MR) is 197 cm³/mol. The van der Waals surface area contributed by atoms with Gasteiger partial charge in [-0.3, -0.25) is 33.7 Å². The summed E-state index contributed by atoms with van der Waals surface area (Å²) in [5.41, 5.74) is 0. The van der Waals surface area contributed by atoms with E-state index in [-0.39, 0.29) is 130 Å². The highest BCUT2D eigenvalue weighted by molar-refractivity contribution is 6.13. The molecule has 0 aromatic carbocycles. The average molecular weight is 845 g/mol. The van der Waals surface area contributed by atoms with Crippen molar-refractivity contribution in [3.05, 3.63) is 12.2 Å². The van der Waals surface area contributed by atoms with Crippen LogP contribution in [0, 0.1) is 0 Å². The summed E-state index contributed by atoms with van der Waals surface area (Å²) in [7, 11) is 0. The molecule has 0 spiro atoms. The fraction of sp³-hybridized carbons (Fsp3) is 0.730. The maximum atomic E-state index is 13.0. The van der Waals surface area contributed by atoms with Crippen molar-refractivity contribution < 1.29 is 85.9 Å². The second-order valence-electron chi connectivity index (χ2n) is 12.8. The number of carbonyl (C=O) groups excluding carboxylic acids is 8. The Kier molecular flexibility index (Phi) is 24.7. The van der Waals surface area contributed by atoms with Crippen molar-refractivity contribution in [2.75, 3.05) is 132 Å². The monoisotopic (exact) mass is 844 g/mol. The van der Waals surface area contributed by atoms with Crippen LogP contribution in [-0.2, 0) is 85.9 Å². The molecule has 332 valence electrons. The quantitative estimate of drug-likeness (QED) is 0.0534. The van der Waals surface area contributed by atoms with Gasteiger partial charge in [-0.15, -0.1) is 5.06 Å². The van der Waals surface area contributed by atoms with Gasteiger partial charge in [0.05, 0.1) is 125 Å². The van der Waals surface area contributed by atoms with Crippen molar-refractivity contribution in [1.29, 1.82) is 0 Å². The number of hydroxylamine groups is 4. The number of ether oxygens (including phenoxy) is 8. The van der Waals surface area contributed by atoms with E-state index in [1.165, 1.54) is 12.2 Å². The van der Waals surface area contributed by atoms with E-state index in [2.05, 4.69) is 0 Å². The molecule has 3 rings (SSSR count). The van der Waals surface area contributed by atoms with Crippen molar-refractivity contribution in [2.45, 2.75) is 44.9 Å². The maximum Gasteiger partial charge on any atom is 0.335 e. The van der Waals surface area contributed by atoms with Gasteiger partial charge in [0.15, 0.2) is 0 Å². The molecule has 2 saturated heterocycles. The summed E-state index contributed by atoms with van der Waals surface area (Å²) in [6.07, 6.45) is 3.31. The van der Waals surface area contributed by atoms with Crippen LogP contribution in [-0.4, -0.2) is 199 Å². The molecule has 3 aliphatic heterocycles. The smallest absolute Gasteiger partial charge is 0.335 e. The van der Waals surface area contributed by atoms with Crippen LogP contribution in [0.25, 0.3) is 0 Å². The Hall–Kier alpha value is -4.42. The van der Waals surface area contributed by atoms with E-state index in [0.717, 1.165) is 9.96 Å². The van der Waals surface area contributed by atoms with Crippen LogP contribution >= 0.6 is 0 Å². The first-order chi connectivity index (χ1) is 28.7.